The van der Waals surface area contributed by atoms with Crippen molar-refractivity contribution in [3.8, 4) is 16.9 Å². The fourth-order valence-corrected chi connectivity index (χ4v) is 5.81. The van der Waals surface area contributed by atoms with E-state index in [4.69, 9.17) is 4.74 Å². The van der Waals surface area contributed by atoms with E-state index < -0.39 is 12.0 Å². The molecular formula is C40H35NO4. The number of benzene rings is 5. The minimum absolute atomic E-state index is 0.161. The van der Waals surface area contributed by atoms with Crippen molar-refractivity contribution in [1.82, 2.24) is 0 Å². The molecule has 45 heavy (non-hydrogen) atoms. The number of ketones is 1. The lowest BCUT2D eigenvalue weighted by Crippen LogP contribution is -2.32. The first-order valence-electron chi connectivity index (χ1n) is 15.3. The number of carboxylic acid groups (broad SMARTS) is 1. The van der Waals surface area contributed by atoms with Crippen LogP contribution in [0.4, 0.5) is 5.69 Å². The van der Waals surface area contributed by atoms with Crippen LogP contribution in [-0.2, 0) is 17.6 Å². The van der Waals surface area contributed by atoms with Crippen molar-refractivity contribution in [1.29, 1.82) is 0 Å². The summed E-state index contributed by atoms with van der Waals surface area (Å²) in [6.45, 7) is 2.60. The molecule has 1 aliphatic carbocycles. The predicted molar refractivity (Wildman–Crippen MR) is 180 cm³/mol. The molecule has 0 saturated heterocycles. The first-order valence-corrected chi connectivity index (χ1v) is 15.3. The van der Waals surface area contributed by atoms with Crippen molar-refractivity contribution in [3.63, 3.8) is 0 Å². The highest BCUT2D eigenvalue weighted by atomic mass is 16.5. The number of fused-ring (bicyclic) bond motifs is 3. The Bertz CT molecular complexity index is 1860. The summed E-state index contributed by atoms with van der Waals surface area (Å²) < 4.78 is 6.12. The molecule has 5 aromatic carbocycles. The third-order valence-electron chi connectivity index (χ3n) is 8.27. The number of para-hydroxylation sites is 1. The van der Waals surface area contributed by atoms with Gasteiger partial charge in [0.2, 0.25) is 0 Å². The Morgan fingerprint density at radius 3 is 2.31 bits per heavy atom. The number of aliphatic carboxylic acids is 1. The first kappa shape index (κ1) is 29.6. The van der Waals surface area contributed by atoms with Crippen molar-refractivity contribution < 1.29 is 19.4 Å². The zero-order valence-electron chi connectivity index (χ0n) is 25.2. The Morgan fingerprint density at radius 1 is 0.822 bits per heavy atom. The van der Waals surface area contributed by atoms with Gasteiger partial charge in [-0.25, -0.2) is 4.79 Å². The van der Waals surface area contributed by atoms with Crippen LogP contribution in [0.3, 0.4) is 0 Å². The number of nitrogens with one attached hydrogen (secondary N) is 1. The van der Waals surface area contributed by atoms with Crippen LogP contribution in [0.1, 0.15) is 51.5 Å². The second-order valence-corrected chi connectivity index (χ2v) is 11.3. The van der Waals surface area contributed by atoms with E-state index in [-0.39, 0.29) is 12.2 Å². The van der Waals surface area contributed by atoms with Gasteiger partial charge < -0.3 is 15.2 Å². The molecule has 6 rings (SSSR count). The summed E-state index contributed by atoms with van der Waals surface area (Å²) in [5.74, 6) is -0.432. The molecule has 1 aliphatic rings. The van der Waals surface area contributed by atoms with E-state index in [0.717, 1.165) is 24.2 Å². The molecule has 0 saturated carbocycles. The third kappa shape index (κ3) is 6.89. The molecule has 5 aromatic rings. The lowest BCUT2D eigenvalue weighted by molar-refractivity contribution is -0.137. The highest BCUT2D eigenvalue weighted by molar-refractivity contribution is 6.12. The third-order valence-corrected chi connectivity index (χ3v) is 8.27. The van der Waals surface area contributed by atoms with Gasteiger partial charge in [-0.3, -0.25) is 4.79 Å². The Balaban J connectivity index is 1.09. The Kier molecular flexibility index (Phi) is 8.88. The van der Waals surface area contributed by atoms with Gasteiger partial charge in [-0.15, -0.1) is 0 Å². The Labute approximate surface area is 263 Å². The van der Waals surface area contributed by atoms with E-state index in [2.05, 4.69) is 60.8 Å². The minimum Gasteiger partial charge on any atom is -0.489 e. The summed E-state index contributed by atoms with van der Waals surface area (Å²) in [4.78, 5) is 25.4. The fraction of sp³-hybridized carbons (Fsp3) is 0.150. The minimum atomic E-state index is -0.995. The molecule has 2 N–H and O–H groups in total. The van der Waals surface area contributed by atoms with Gasteiger partial charge in [0.05, 0.1) is 0 Å². The summed E-state index contributed by atoms with van der Waals surface area (Å²) >= 11 is 0. The van der Waals surface area contributed by atoms with Crippen LogP contribution in [0.5, 0.6) is 5.75 Å². The number of hydrogen-bond donors (Lipinski definition) is 2. The molecule has 0 heterocycles. The monoisotopic (exact) mass is 593 g/mol. The molecule has 0 bridgehead atoms. The largest absolute Gasteiger partial charge is 0.489 e. The summed E-state index contributed by atoms with van der Waals surface area (Å²) in [7, 11) is 0. The van der Waals surface area contributed by atoms with Gasteiger partial charge in [0.1, 0.15) is 18.4 Å². The lowest BCUT2D eigenvalue weighted by Gasteiger charge is -2.18. The average Bonchev–Trinajstić information content (AvgIpc) is 3.45. The summed E-state index contributed by atoms with van der Waals surface area (Å²) in [6, 6.07) is 37.9. The Morgan fingerprint density at radius 2 is 1.53 bits per heavy atom. The number of ether oxygens (including phenoxy) is 1. The molecule has 0 amide bonds. The van der Waals surface area contributed by atoms with Crippen LogP contribution in [0, 0.1) is 0 Å². The highest BCUT2D eigenvalue weighted by Crippen LogP contribution is 2.37. The van der Waals surface area contributed by atoms with E-state index in [1.54, 1.807) is 36.4 Å². The van der Waals surface area contributed by atoms with E-state index in [1.807, 2.05) is 42.5 Å². The highest BCUT2D eigenvalue weighted by Gasteiger charge is 2.22. The van der Waals surface area contributed by atoms with Crippen LogP contribution in [-0.4, -0.2) is 29.5 Å². The standard InChI is InChI=1S/C40H35NO4/c1-2-27(22-29-18-21-35-32(23-29)25-31-12-6-7-13-34(31)35)26-45-33-19-16-28(17-20-33)24-38(40(43)44)41-37-15-9-8-14-36(37)39(42)30-10-4-3-5-11-30/h3-23,38,41H,2,24-26H2,1H3,(H,43,44)/b27-22+. The smallest absolute Gasteiger partial charge is 0.326 e. The van der Waals surface area contributed by atoms with Crippen LogP contribution in [0.25, 0.3) is 17.2 Å². The number of carbonyl (C=O) groups excluding carboxylic acids is 1. The van der Waals surface area contributed by atoms with Crippen molar-refractivity contribution in [2.24, 2.45) is 0 Å². The maximum absolute atomic E-state index is 13.1. The number of anilines is 1. The second-order valence-electron chi connectivity index (χ2n) is 11.3. The van der Waals surface area contributed by atoms with Gasteiger partial charge in [-0.1, -0.05) is 110 Å². The summed E-state index contributed by atoms with van der Waals surface area (Å²) in [5.41, 5.74) is 10.1. The number of rotatable bonds is 12. The van der Waals surface area contributed by atoms with E-state index in [1.165, 1.54) is 33.4 Å². The molecule has 224 valence electrons. The number of carboxylic acids is 1. The van der Waals surface area contributed by atoms with Crippen LogP contribution in [0.15, 0.2) is 127 Å². The average molecular weight is 594 g/mol. The van der Waals surface area contributed by atoms with E-state index in [0.29, 0.717) is 23.4 Å². The van der Waals surface area contributed by atoms with Gasteiger partial charge in [0.25, 0.3) is 0 Å². The molecular weight excluding hydrogens is 558 g/mol. The first-order chi connectivity index (χ1) is 22.0. The maximum atomic E-state index is 13.1. The lowest BCUT2D eigenvalue weighted by atomic mass is 10.00. The van der Waals surface area contributed by atoms with Gasteiger partial charge in [-0.05, 0) is 76.1 Å². The molecule has 1 unspecified atom stereocenters. The topological polar surface area (TPSA) is 75.6 Å². The van der Waals surface area contributed by atoms with Gasteiger partial charge in [0, 0.05) is 23.2 Å². The number of carbonyl (C=O) groups is 2. The van der Waals surface area contributed by atoms with Gasteiger partial charge >= 0.3 is 5.97 Å². The van der Waals surface area contributed by atoms with Gasteiger partial charge in [-0.2, -0.15) is 0 Å². The molecule has 0 fully saturated rings. The van der Waals surface area contributed by atoms with E-state index in [9.17, 15) is 14.7 Å². The molecule has 0 aromatic heterocycles. The predicted octanol–water partition coefficient (Wildman–Crippen LogP) is 8.47. The fourth-order valence-electron chi connectivity index (χ4n) is 5.81. The van der Waals surface area contributed by atoms with Crippen LogP contribution < -0.4 is 10.1 Å². The quantitative estimate of drug-likeness (QED) is 0.139. The molecule has 0 aliphatic heterocycles. The number of hydrogen-bond acceptors (Lipinski definition) is 4. The van der Waals surface area contributed by atoms with Crippen molar-refractivity contribution in [2.75, 3.05) is 11.9 Å². The zero-order valence-corrected chi connectivity index (χ0v) is 25.2. The SMILES string of the molecule is CC/C(=C\c1ccc2c(c1)Cc1ccccc1-2)COc1ccc(CC(Nc2ccccc2C(=O)c2ccccc2)C(=O)O)cc1. The summed E-state index contributed by atoms with van der Waals surface area (Å²) in [5, 5.41) is 13.1. The second kappa shape index (κ2) is 13.5. The molecule has 5 nitrogen and oxygen atoms in total. The zero-order chi connectivity index (χ0) is 31.2. The molecule has 0 spiro atoms. The van der Waals surface area contributed by atoms with Crippen molar-refractivity contribution >= 4 is 23.5 Å². The summed E-state index contributed by atoms with van der Waals surface area (Å²) in [6.07, 6.45) is 4.29. The van der Waals surface area contributed by atoms with Gasteiger partial charge in [0.15, 0.2) is 5.78 Å². The van der Waals surface area contributed by atoms with E-state index >= 15 is 0 Å². The van der Waals surface area contributed by atoms with Crippen molar-refractivity contribution in [3.05, 3.63) is 160 Å². The van der Waals surface area contributed by atoms with Crippen LogP contribution >= 0.6 is 0 Å². The normalized spacial score (nSPS) is 12.6. The molecule has 5 heteroatoms. The molecule has 1 atom stereocenters. The maximum Gasteiger partial charge on any atom is 0.326 e. The molecule has 0 radical (unpaired) electrons. The Hall–Kier alpha value is -5.42. The van der Waals surface area contributed by atoms with Crippen molar-refractivity contribution in [2.45, 2.75) is 32.2 Å². The van der Waals surface area contributed by atoms with Crippen LogP contribution in [0.2, 0.25) is 0 Å².